The Bertz CT molecular complexity index is 322. The molecule has 0 aliphatic carbocycles. The summed E-state index contributed by atoms with van der Waals surface area (Å²) >= 11 is 11.1. The van der Waals surface area contributed by atoms with Crippen molar-refractivity contribution in [1.29, 1.82) is 0 Å². The van der Waals surface area contributed by atoms with Gasteiger partial charge in [-0.2, -0.15) is 0 Å². The third kappa shape index (κ3) is 2.28. The number of hydrogen-bond donors (Lipinski definition) is 1. The van der Waals surface area contributed by atoms with E-state index in [1.807, 2.05) is 0 Å². The first-order valence-electron chi connectivity index (χ1n) is 3.43. The molecule has 1 atom stereocenters. The molecule has 0 radical (unpaired) electrons. The lowest BCUT2D eigenvalue weighted by Crippen LogP contribution is -2.07. The largest absolute Gasteiger partial charge is 0.297 e. The number of nitrogens with zero attached hydrogens (tertiary/aromatic N) is 1. The Kier molecular flexibility index (Phi) is 3.44. The first kappa shape index (κ1) is 10.7. The Labute approximate surface area is 84.6 Å². The summed E-state index contributed by atoms with van der Waals surface area (Å²) in [5, 5.41) is -0.178. The molecular formula is C7H7Cl2FN2O. The highest BCUT2D eigenvalue weighted by molar-refractivity contribution is 6.32. The molecule has 1 aromatic rings. The fourth-order valence-corrected chi connectivity index (χ4v) is 1.29. The van der Waals surface area contributed by atoms with Crippen LogP contribution in [0, 0.1) is 5.82 Å². The van der Waals surface area contributed by atoms with Gasteiger partial charge in [0.15, 0.2) is 11.0 Å². The zero-order valence-corrected chi connectivity index (χ0v) is 8.23. The predicted octanol–water partition coefficient (Wildman–Crippen LogP) is 2.48. The summed E-state index contributed by atoms with van der Waals surface area (Å²) in [5.74, 6) is 4.27. The number of aromatic nitrogens is 1. The zero-order valence-electron chi connectivity index (χ0n) is 6.72. The quantitative estimate of drug-likeness (QED) is 0.621. The lowest BCUT2D eigenvalue weighted by atomic mass is 10.2. The Hall–Kier alpha value is -0.420. The normalized spacial score (nSPS) is 13.0. The lowest BCUT2D eigenvalue weighted by molar-refractivity contribution is 0.0660. The van der Waals surface area contributed by atoms with Crippen LogP contribution in [0.3, 0.4) is 0 Å². The van der Waals surface area contributed by atoms with Crippen LogP contribution in [0.2, 0.25) is 10.3 Å². The number of halogens is 3. The summed E-state index contributed by atoms with van der Waals surface area (Å²) in [5.41, 5.74) is 0.367. The summed E-state index contributed by atoms with van der Waals surface area (Å²) in [7, 11) is 0. The van der Waals surface area contributed by atoms with Gasteiger partial charge < -0.3 is 0 Å². The van der Waals surface area contributed by atoms with Crippen molar-refractivity contribution in [2.45, 2.75) is 13.0 Å². The number of nitrogens with two attached hydrogens (primary N) is 1. The highest BCUT2D eigenvalue weighted by Crippen LogP contribution is 2.26. The maximum atomic E-state index is 12.9. The first-order chi connectivity index (χ1) is 6.06. The smallest absolute Gasteiger partial charge is 0.166 e. The van der Waals surface area contributed by atoms with Crippen molar-refractivity contribution in [3.8, 4) is 0 Å². The average Bonchev–Trinajstić information content (AvgIpc) is 2.10. The van der Waals surface area contributed by atoms with Crippen molar-refractivity contribution >= 4 is 23.2 Å². The second-order valence-electron chi connectivity index (χ2n) is 2.42. The van der Waals surface area contributed by atoms with E-state index < -0.39 is 11.9 Å². The van der Waals surface area contributed by atoms with Gasteiger partial charge in [-0.1, -0.05) is 23.2 Å². The lowest BCUT2D eigenvalue weighted by Gasteiger charge is -2.10. The monoisotopic (exact) mass is 224 g/mol. The van der Waals surface area contributed by atoms with E-state index in [0.717, 1.165) is 6.07 Å². The highest BCUT2D eigenvalue weighted by Gasteiger charge is 2.14. The van der Waals surface area contributed by atoms with E-state index in [4.69, 9.17) is 29.1 Å². The van der Waals surface area contributed by atoms with Gasteiger partial charge in [0.1, 0.15) is 11.3 Å². The van der Waals surface area contributed by atoms with Gasteiger partial charge in [0.25, 0.3) is 0 Å². The molecule has 0 fully saturated rings. The van der Waals surface area contributed by atoms with E-state index >= 15 is 0 Å². The molecule has 1 heterocycles. The van der Waals surface area contributed by atoms with Gasteiger partial charge in [-0.25, -0.2) is 15.3 Å². The fraction of sp³-hybridized carbons (Fsp3) is 0.286. The van der Waals surface area contributed by atoms with Gasteiger partial charge in [-0.15, -0.1) is 0 Å². The first-order valence-corrected chi connectivity index (χ1v) is 4.18. The van der Waals surface area contributed by atoms with Crippen molar-refractivity contribution in [3.63, 3.8) is 0 Å². The summed E-state index contributed by atoms with van der Waals surface area (Å²) in [4.78, 5) is 8.04. The molecule has 0 aliphatic heterocycles. The van der Waals surface area contributed by atoms with Crippen LogP contribution >= 0.6 is 23.2 Å². The molecule has 6 heteroatoms. The third-order valence-corrected chi connectivity index (χ3v) is 2.12. The molecule has 3 nitrogen and oxygen atoms in total. The highest BCUT2D eigenvalue weighted by atomic mass is 35.5. The molecule has 72 valence electrons. The summed E-state index contributed by atoms with van der Waals surface area (Å²) in [6, 6.07) is 1.15. The molecule has 0 aromatic carbocycles. The molecule has 0 spiro atoms. The van der Waals surface area contributed by atoms with E-state index in [1.165, 1.54) is 0 Å². The molecule has 13 heavy (non-hydrogen) atoms. The molecule has 0 aliphatic rings. The zero-order chi connectivity index (χ0) is 10.0. The predicted molar refractivity (Wildman–Crippen MR) is 47.9 cm³/mol. The van der Waals surface area contributed by atoms with Gasteiger partial charge in [0.05, 0.1) is 0 Å². The van der Waals surface area contributed by atoms with Crippen molar-refractivity contribution in [1.82, 2.24) is 4.98 Å². The Balaban J connectivity index is 3.15. The van der Waals surface area contributed by atoms with Gasteiger partial charge in [0, 0.05) is 5.56 Å². The molecule has 1 rings (SSSR count). The van der Waals surface area contributed by atoms with Gasteiger partial charge >= 0.3 is 0 Å². The molecule has 1 unspecified atom stereocenters. The molecule has 0 amide bonds. The Morgan fingerprint density at radius 3 is 2.69 bits per heavy atom. The molecule has 0 saturated carbocycles. The van der Waals surface area contributed by atoms with Crippen LogP contribution in [0.25, 0.3) is 0 Å². The maximum absolute atomic E-state index is 12.9. The van der Waals surface area contributed by atoms with Crippen LogP contribution in [0.15, 0.2) is 6.07 Å². The average molecular weight is 225 g/mol. The SMILES string of the molecule is CC(ON)c1cc(F)c(Cl)nc1Cl. The Morgan fingerprint density at radius 2 is 2.15 bits per heavy atom. The van der Waals surface area contributed by atoms with Gasteiger partial charge in [-0.05, 0) is 13.0 Å². The second kappa shape index (κ2) is 4.19. The molecule has 0 saturated heterocycles. The summed E-state index contributed by atoms with van der Waals surface area (Å²) in [6.45, 7) is 1.62. The summed E-state index contributed by atoms with van der Waals surface area (Å²) in [6.07, 6.45) is -0.522. The number of pyridine rings is 1. The van der Waals surface area contributed by atoms with Gasteiger partial charge in [0.2, 0.25) is 0 Å². The second-order valence-corrected chi connectivity index (χ2v) is 3.14. The molecule has 0 bridgehead atoms. The van der Waals surface area contributed by atoms with Crippen LogP contribution in [0.1, 0.15) is 18.6 Å². The minimum atomic E-state index is -0.648. The standard InChI is InChI=1S/C7H7Cl2FN2O/c1-3(13-11)4-2-5(10)7(9)12-6(4)8/h2-3H,11H2,1H3. The van der Waals surface area contributed by atoms with Gasteiger partial charge in [-0.3, -0.25) is 4.84 Å². The fourth-order valence-electron chi connectivity index (χ4n) is 0.818. The van der Waals surface area contributed by atoms with E-state index in [1.54, 1.807) is 6.92 Å². The molecule has 2 N–H and O–H groups in total. The van der Waals surface area contributed by atoms with E-state index in [0.29, 0.717) is 5.56 Å². The molecular weight excluding hydrogens is 218 g/mol. The van der Waals surface area contributed by atoms with Crippen molar-refractivity contribution in [3.05, 3.63) is 27.8 Å². The van der Waals surface area contributed by atoms with Crippen LogP contribution < -0.4 is 5.90 Å². The van der Waals surface area contributed by atoms with Crippen LogP contribution in [0.5, 0.6) is 0 Å². The van der Waals surface area contributed by atoms with E-state index in [9.17, 15) is 4.39 Å². The Morgan fingerprint density at radius 1 is 1.54 bits per heavy atom. The number of rotatable bonds is 2. The van der Waals surface area contributed by atoms with Crippen molar-refractivity contribution in [2.24, 2.45) is 5.90 Å². The minimum absolute atomic E-state index is 0.0874. The minimum Gasteiger partial charge on any atom is -0.297 e. The van der Waals surface area contributed by atoms with E-state index in [2.05, 4.69) is 9.82 Å². The van der Waals surface area contributed by atoms with Crippen LogP contribution in [-0.2, 0) is 4.84 Å². The van der Waals surface area contributed by atoms with E-state index in [-0.39, 0.29) is 10.3 Å². The van der Waals surface area contributed by atoms with Crippen molar-refractivity contribution in [2.75, 3.05) is 0 Å². The number of hydrogen-bond acceptors (Lipinski definition) is 3. The van der Waals surface area contributed by atoms with Crippen molar-refractivity contribution < 1.29 is 9.23 Å². The molecule has 1 aromatic heterocycles. The third-order valence-electron chi connectivity index (χ3n) is 1.56. The van der Waals surface area contributed by atoms with Crippen LogP contribution in [0.4, 0.5) is 4.39 Å². The summed E-state index contributed by atoms with van der Waals surface area (Å²) < 4.78 is 12.9. The van der Waals surface area contributed by atoms with Crippen LogP contribution in [-0.4, -0.2) is 4.98 Å². The maximum Gasteiger partial charge on any atom is 0.166 e. The topological polar surface area (TPSA) is 48.1 Å².